The number of methoxy groups -OCH3 is 5. The van der Waals surface area contributed by atoms with E-state index in [9.17, 15) is 69.4 Å². The summed E-state index contributed by atoms with van der Waals surface area (Å²) in [6.45, 7) is 19.9. The first-order valence-electron chi connectivity index (χ1n) is 42.9. The summed E-state index contributed by atoms with van der Waals surface area (Å²) >= 11 is 0. The number of aliphatic hydroxyl groups excluding tert-OH is 5. The molecule has 125 heavy (non-hydrogen) atoms. The van der Waals surface area contributed by atoms with Crippen molar-refractivity contribution in [3.8, 4) is 84.4 Å². The van der Waals surface area contributed by atoms with E-state index in [1.807, 2.05) is 0 Å². The van der Waals surface area contributed by atoms with Gasteiger partial charge >= 0.3 is 0 Å². The Morgan fingerprint density at radius 3 is 0.664 bits per heavy atom. The fourth-order valence-electron chi connectivity index (χ4n) is 19.6. The molecule has 0 amide bonds. The van der Waals surface area contributed by atoms with Gasteiger partial charge in [-0.3, -0.25) is 0 Å². The van der Waals surface area contributed by atoms with E-state index in [0.29, 0.717) is 84.4 Å². The van der Waals surface area contributed by atoms with Crippen molar-refractivity contribution in [1.29, 1.82) is 0 Å². The summed E-state index contributed by atoms with van der Waals surface area (Å²) in [5.74, 6) is -1.28. The van der Waals surface area contributed by atoms with Crippen molar-refractivity contribution >= 4 is 5.57 Å². The number of hydrogen-bond acceptors (Lipinski definition) is 10. The fourth-order valence-corrected chi connectivity index (χ4v) is 19.6. The number of rotatable bonds is 20. The standard InChI is InChI=1S/4C21H24F2O2.C21H22F2O2/c5*1-21(2)8-4-5-18(21)16-9-13(12-24)20(23)11-15(16)17-10-14(25-3)6-7-19(17)22/h4*6-7,9-11,18,24H,4-5,8,12H2,1-3H3;5-7,9-11,24H,4,8,12H2,1-3H3/t2*18-;;;/m10.../s1. The van der Waals surface area contributed by atoms with Crippen LogP contribution in [0.2, 0.25) is 0 Å². The summed E-state index contributed by atoms with van der Waals surface area (Å²) in [5, 5.41) is 47.4. The highest BCUT2D eigenvalue weighted by atomic mass is 19.2. The van der Waals surface area contributed by atoms with Crippen LogP contribution in [-0.2, 0) is 33.0 Å². The average molecular weight is 1730 g/mol. The van der Waals surface area contributed by atoms with Crippen LogP contribution < -0.4 is 23.7 Å². The van der Waals surface area contributed by atoms with Gasteiger partial charge in [0.1, 0.15) is 86.9 Å². The topological polar surface area (TPSA) is 147 Å². The zero-order valence-corrected chi connectivity index (χ0v) is 74.3. The average Bonchev–Trinajstić information content (AvgIpc) is 1.63. The van der Waals surface area contributed by atoms with Gasteiger partial charge in [0.25, 0.3) is 0 Å². The number of ether oxygens (including phenoxy) is 5. The number of benzene rings is 10. The van der Waals surface area contributed by atoms with Crippen LogP contribution >= 0.6 is 0 Å². The summed E-state index contributed by atoms with van der Waals surface area (Å²) < 4.78 is 171. The van der Waals surface area contributed by atoms with E-state index in [1.54, 1.807) is 84.9 Å². The molecule has 668 valence electrons. The highest BCUT2D eigenvalue weighted by molar-refractivity contribution is 5.86. The maximum atomic E-state index is 14.5. The van der Waals surface area contributed by atoms with E-state index in [2.05, 4.69) is 75.3 Å². The smallest absolute Gasteiger partial charge is 0.131 e. The first kappa shape index (κ1) is 95.7. The fraction of sp³-hybridized carbons (Fsp3) is 0.410. The maximum Gasteiger partial charge on any atom is 0.131 e. The lowest BCUT2D eigenvalue weighted by Crippen LogP contribution is -2.17. The third kappa shape index (κ3) is 21.2. The molecule has 5 aliphatic carbocycles. The quantitative estimate of drug-likeness (QED) is 0.0467. The molecule has 0 radical (unpaired) electrons. The summed E-state index contributed by atoms with van der Waals surface area (Å²) in [7, 11) is 7.60. The van der Waals surface area contributed by atoms with Crippen LogP contribution in [0.5, 0.6) is 28.7 Å². The minimum absolute atomic E-state index is 0.0502. The Morgan fingerprint density at radius 2 is 0.472 bits per heavy atom. The molecule has 2 unspecified atom stereocenters. The summed E-state index contributed by atoms with van der Waals surface area (Å²) in [6.07, 6.45) is 16.6. The van der Waals surface area contributed by atoms with Gasteiger partial charge in [-0.2, -0.15) is 0 Å². The van der Waals surface area contributed by atoms with Crippen molar-refractivity contribution in [3.63, 3.8) is 0 Å². The molecule has 4 atom stereocenters. The Labute approximate surface area is 729 Å². The number of allylic oxidation sites excluding steroid dienone is 2. The third-order valence-electron chi connectivity index (χ3n) is 26.9. The van der Waals surface area contributed by atoms with Gasteiger partial charge in [0.15, 0.2) is 0 Å². The van der Waals surface area contributed by atoms with Crippen molar-refractivity contribution in [3.05, 3.63) is 272 Å². The molecule has 20 heteroatoms. The van der Waals surface area contributed by atoms with Gasteiger partial charge in [-0.15, -0.1) is 0 Å². The lowest BCUT2D eigenvalue weighted by Gasteiger charge is -2.30. The molecule has 15 rings (SSSR count). The highest BCUT2D eigenvalue weighted by Crippen LogP contribution is 2.57. The molecule has 0 heterocycles. The summed E-state index contributed by atoms with van der Waals surface area (Å²) in [6, 6.07) is 37.7. The molecular formula is C105H118F10O10. The van der Waals surface area contributed by atoms with Crippen LogP contribution in [0, 0.1) is 85.2 Å². The van der Waals surface area contributed by atoms with E-state index >= 15 is 0 Å². The minimum atomic E-state index is -0.542. The summed E-state index contributed by atoms with van der Waals surface area (Å²) in [5.41, 5.74) is 11.1. The van der Waals surface area contributed by atoms with E-state index in [1.165, 1.54) is 102 Å². The molecule has 0 bridgehead atoms. The van der Waals surface area contributed by atoms with E-state index < -0.39 is 64.8 Å². The van der Waals surface area contributed by atoms with Gasteiger partial charge in [0.05, 0.1) is 68.6 Å². The Balaban J connectivity index is 0.000000152. The van der Waals surface area contributed by atoms with Crippen molar-refractivity contribution in [2.24, 2.45) is 27.1 Å². The van der Waals surface area contributed by atoms with Gasteiger partial charge in [-0.25, -0.2) is 43.9 Å². The lowest BCUT2D eigenvalue weighted by atomic mass is 9.75. The zero-order valence-electron chi connectivity index (χ0n) is 74.3. The molecule has 0 saturated heterocycles. The van der Waals surface area contributed by atoms with Crippen LogP contribution in [0.25, 0.3) is 61.2 Å². The molecule has 4 fully saturated rings. The minimum Gasteiger partial charge on any atom is -0.497 e. The van der Waals surface area contributed by atoms with Gasteiger partial charge < -0.3 is 49.2 Å². The van der Waals surface area contributed by atoms with E-state index in [0.717, 1.165) is 123 Å². The molecule has 0 aromatic heterocycles. The number of halogens is 10. The molecule has 0 aliphatic heterocycles. The summed E-state index contributed by atoms with van der Waals surface area (Å²) in [4.78, 5) is 0. The van der Waals surface area contributed by atoms with Crippen LogP contribution in [0.15, 0.2) is 158 Å². The van der Waals surface area contributed by atoms with E-state index in [4.69, 9.17) is 23.7 Å². The largest absolute Gasteiger partial charge is 0.497 e. The molecule has 4 saturated carbocycles. The third-order valence-corrected chi connectivity index (χ3v) is 26.9. The lowest BCUT2D eigenvalue weighted by molar-refractivity contribution is 0.274. The molecule has 10 nitrogen and oxygen atoms in total. The second-order valence-corrected chi connectivity index (χ2v) is 36.9. The van der Waals surface area contributed by atoms with Crippen LogP contribution in [0.1, 0.15) is 238 Å². The van der Waals surface area contributed by atoms with Crippen molar-refractivity contribution < 1.29 is 93.1 Å². The Bertz CT molecular complexity index is 5000. The molecule has 10 aromatic rings. The first-order valence-corrected chi connectivity index (χ1v) is 42.9. The van der Waals surface area contributed by atoms with Crippen LogP contribution in [0.3, 0.4) is 0 Å². The van der Waals surface area contributed by atoms with Crippen LogP contribution in [0.4, 0.5) is 43.9 Å². The molecule has 10 aromatic carbocycles. The van der Waals surface area contributed by atoms with Crippen LogP contribution in [-0.4, -0.2) is 61.1 Å². The van der Waals surface area contributed by atoms with Crippen molar-refractivity contribution in [2.75, 3.05) is 35.5 Å². The Morgan fingerprint density at radius 1 is 0.256 bits per heavy atom. The normalized spacial score (nSPS) is 18.6. The number of hydrogen-bond donors (Lipinski definition) is 5. The second kappa shape index (κ2) is 40.3. The SMILES string of the molecule is COc1ccc(F)c(-c2cc(F)c(CO)cc2C2=CCCC2(C)C)c1.COc1ccc(F)c(-c2cc(F)c(CO)cc2C2CCCC2(C)C)c1.COc1ccc(F)c(-c2cc(F)c(CO)cc2C2CCCC2(C)C)c1.COc1ccc(F)c(-c2cc(F)c(CO)cc2[C@@H]2CCCC2(C)C)c1.COc1ccc(F)c(-c2cc(F)c(CO)cc2[C@H]2CCCC2(C)C)c1. The monoisotopic (exact) mass is 1730 g/mol. The van der Waals surface area contributed by atoms with Crippen molar-refractivity contribution in [2.45, 2.75) is 216 Å². The highest BCUT2D eigenvalue weighted by Gasteiger charge is 2.42. The molecule has 0 spiro atoms. The zero-order chi connectivity index (χ0) is 90.9. The molecule has 5 N–H and O–H groups in total. The van der Waals surface area contributed by atoms with E-state index in [-0.39, 0.29) is 105 Å². The maximum absolute atomic E-state index is 14.5. The van der Waals surface area contributed by atoms with Gasteiger partial charge in [0, 0.05) is 55.6 Å². The second-order valence-electron chi connectivity index (χ2n) is 36.9. The van der Waals surface area contributed by atoms with Gasteiger partial charge in [-0.1, -0.05) is 101 Å². The Hall–Kier alpha value is -9.96. The predicted octanol–water partition coefficient (Wildman–Crippen LogP) is 27.0. The molecular weight excluding hydrogens is 1610 g/mol. The predicted molar refractivity (Wildman–Crippen MR) is 474 cm³/mol. The van der Waals surface area contributed by atoms with Gasteiger partial charge in [0.2, 0.25) is 0 Å². The Kier molecular flexibility index (Phi) is 30.9. The van der Waals surface area contributed by atoms with Crippen molar-refractivity contribution in [1.82, 2.24) is 0 Å². The molecule has 5 aliphatic rings. The first-order chi connectivity index (χ1) is 59.3. The number of aliphatic hydroxyl groups is 5. The van der Waals surface area contributed by atoms with Gasteiger partial charge in [-0.05, 0) is 328 Å².